The van der Waals surface area contributed by atoms with E-state index in [0.717, 1.165) is 29.7 Å². The van der Waals surface area contributed by atoms with Crippen LogP contribution in [0.1, 0.15) is 45.5 Å². The Morgan fingerprint density at radius 1 is 0.892 bits per heavy atom. The van der Waals surface area contributed by atoms with Gasteiger partial charge in [0.15, 0.2) is 0 Å². The van der Waals surface area contributed by atoms with Gasteiger partial charge in [0, 0.05) is 24.5 Å². The molecule has 7 nitrogen and oxygen atoms in total. The highest BCUT2D eigenvalue weighted by molar-refractivity contribution is 7.98. The van der Waals surface area contributed by atoms with Gasteiger partial charge in [-0.3, -0.25) is 14.3 Å². The van der Waals surface area contributed by atoms with Crippen LogP contribution in [-0.2, 0) is 16.4 Å². The van der Waals surface area contributed by atoms with Gasteiger partial charge < -0.3 is 10.2 Å². The van der Waals surface area contributed by atoms with Crippen LogP contribution in [0.5, 0.6) is 0 Å². The molecule has 3 aromatic carbocycles. The van der Waals surface area contributed by atoms with E-state index >= 15 is 0 Å². The first kappa shape index (κ1) is 26.8. The number of benzene rings is 3. The Balaban J connectivity index is 1.52. The van der Waals surface area contributed by atoms with Crippen molar-refractivity contribution in [3.63, 3.8) is 0 Å². The average molecular weight is 538 g/mol. The van der Waals surface area contributed by atoms with Crippen LogP contribution in [0.2, 0.25) is 0 Å². The molecule has 0 spiro atoms. The van der Waals surface area contributed by atoms with Crippen molar-refractivity contribution < 1.29 is 18.0 Å². The van der Waals surface area contributed by atoms with E-state index in [0.29, 0.717) is 31.6 Å². The van der Waals surface area contributed by atoms with E-state index in [1.54, 1.807) is 35.2 Å². The molecule has 37 heavy (non-hydrogen) atoms. The lowest BCUT2D eigenvalue weighted by molar-refractivity contribution is 0.0720. The second kappa shape index (κ2) is 12.3. The molecule has 1 fully saturated rings. The van der Waals surface area contributed by atoms with Crippen molar-refractivity contribution in [2.75, 3.05) is 30.6 Å². The predicted octanol–water partition coefficient (Wildman–Crippen LogP) is 4.81. The number of carbonyl (C=O) groups is 2. The summed E-state index contributed by atoms with van der Waals surface area (Å²) in [4.78, 5) is 28.6. The summed E-state index contributed by atoms with van der Waals surface area (Å²) in [5.41, 5.74) is 1.88. The minimum absolute atomic E-state index is 0.0232. The highest BCUT2D eigenvalue weighted by atomic mass is 32.2. The summed E-state index contributed by atoms with van der Waals surface area (Å²) in [5.74, 6) is -0.521. The van der Waals surface area contributed by atoms with Crippen molar-refractivity contribution in [1.82, 2.24) is 10.2 Å². The maximum atomic E-state index is 13.4. The molecular formula is C28H31N3O4S2. The molecule has 4 rings (SSSR count). The number of hydrogen-bond acceptors (Lipinski definition) is 5. The third-order valence-electron chi connectivity index (χ3n) is 6.31. The fourth-order valence-electron chi connectivity index (χ4n) is 4.32. The van der Waals surface area contributed by atoms with Crippen molar-refractivity contribution in [3.8, 4) is 0 Å². The van der Waals surface area contributed by atoms with E-state index in [9.17, 15) is 18.0 Å². The molecule has 2 N–H and O–H groups in total. The number of rotatable bonds is 9. The first-order chi connectivity index (χ1) is 17.9. The van der Waals surface area contributed by atoms with Crippen LogP contribution >= 0.6 is 11.8 Å². The Kier molecular flexibility index (Phi) is 8.89. The van der Waals surface area contributed by atoms with Crippen LogP contribution in [0.25, 0.3) is 0 Å². The Hall–Kier alpha value is -3.30. The van der Waals surface area contributed by atoms with Gasteiger partial charge in [0.05, 0.1) is 21.7 Å². The van der Waals surface area contributed by atoms with Crippen LogP contribution in [0, 0.1) is 0 Å². The minimum atomic E-state index is -4.05. The van der Waals surface area contributed by atoms with E-state index in [2.05, 4.69) is 10.0 Å². The van der Waals surface area contributed by atoms with Crippen molar-refractivity contribution in [2.45, 2.75) is 35.5 Å². The molecule has 9 heteroatoms. The average Bonchev–Trinajstić information content (AvgIpc) is 2.93. The number of piperidine rings is 1. The van der Waals surface area contributed by atoms with Gasteiger partial charge in [-0.05, 0) is 67.8 Å². The number of likely N-dealkylation sites (tertiary alicyclic amines) is 1. The molecule has 0 radical (unpaired) electrons. The highest BCUT2D eigenvalue weighted by Gasteiger charge is 2.25. The van der Waals surface area contributed by atoms with E-state index < -0.39 is 10.0 Å². The second-order valence-corrected chi connectivity index (χ2v) is 11.4. The van der Waals surface area contributed by atoms with Gasteiger partial charge in [-0.15, -0.1) is 11.8 Å². The van der Waals surface area contributed by atoms with Crippen molar-refractivity contribution >= 4 is 39.3 Å². The first-order valence-electron chi connectivity index (χ1n) is 12.3. The van der Waals surface area contributed by atoms with Gasteiger partial charge in [-0.1, -0.05) is 42.5 Å². The van der Waals surface area contributed by atoms with Crippen LogP contribution < -0.4 is 10.0 Å². The summed E-state index contributed by atoms with van der Waals surface area (Å²) < 4.78 is 29.3. The van der Waals surface area contributed by atoms with Crippen molar-refractivity contribution in [3.05, 3.63) is 89.5 Å². The third-order valence-corrected chi connectivity index (χ3v) is 8.47. The minimum Gasteiger partial charge on any atom is -0.352 e. The lowest BCUT2D eigenvalue weighted by Crippen LogP contribution is -2.36. The lowest BCUT2D eigenvalue weighted by Gasteiger charge is -2.27. The van der Waals surface area contributed by atoms with Crippen LogP contribution in [0.4, 0.5) is 5.69 Å². The van der Waals surface area contributed by atoms with Gasteiger partial charge in [-0.25, -0.2) is 8.42 Å². The van der Waals surface area contributed by atoms with E-state index in [-0.39, 0.29) is 28.0 Å². The van der Waals surface area contributed by atoms with Crippen LogP contribution in [-0.4, -0.2) is 51.0 Å². The zero-order chi connectivity index (χ0) is 26.3. The number of nitrogens with zero attached hydrogens (tertiary/aromatic N) is 1. The molecular weight excluding hydrogens is 506 g/mol. The topological polar surface area (TPSA) is 95.6 Å². The Bertz CT molecular complexity index is 1350. The van der Waals surface area contributed by atoms with E-state index in [1.165, 1.54) is 23.9 Å². The highest BCUT2D eigenvalue weighted by Crippen LogP contribution is 2.28. The third kappa shape index (κ3) is 6.72. The van der Waals surface area contributed by atoms with Gasteiger partial charge in [0.2, 0.25) is 0 Å². The zero-order valence-corrected chi connectivity index (χ0v) is 22.4. The van der Waals surface area contributed by atoms with E-state index in [1.807, 2.05) is 36.6 Å². The molecule has 0 saturated carbocycles. The quantitative estimate of drug-likeness (QED) is 0.382. The second-order valence-electron chi connectivity index (χ2n) is 8.86. The fraction of sp³-hybridized carbons (Fsp3) is 0.286. The molecule has 0 aromatic heterocycles. The monoisotopic (exact) mass is 537 g/mol. The largest absolute Gasteiger partial charge is 0.352 e. The molecule has 0 aliphatic carbocycles. The summed E-state index contributed by atoms with van der Waals surface area (Å²) in [6, 6.07) is 20.9. The maximum Gasteiger partial charge on any atom is 0.261 e. The number of sulfonamides is 1. The summed E-state index contributed by atoms with van der Waals surface area (Å²) in [7, 11) is -4.05. The molecule has 0 atom stereocenters. The molecule has 0 bridgehead atoms. The van der Waals surface area contributed by atoms with Crippen molar-refractivity contribution in [1.29, 1.82) is 0 Å². The maximum absolute atomic E-state index is 13.4. The fourth-order valence-corrected chi connectivity index (χ4v) is 6.00. The van der Waals surface area contributed by atoms with E-state index in [4.69, 9.17) is 0 Å². The summed E-state index contributed by atoms with van der Waals surface area (Å²) in [6.45, 7) is 1.77. The molecule has 1 saturated heterocycles. The number of amides is 2. The zero-order valence-electron chi connectivity index (χ0n) is 20.8. The molecule has 3 aromatic rings. The number of anilines is 1. The van der Waals surface area contributed by atoms with Gasteiger partial charge in [0.1, 0.15) is 0 Å². The lowest BCUT2D eigenvalue weighted by atomic mass is 10.1. The number of carbonyl (C=O) groups excluding carboxylic acids is 2. The molecule has 1 aliphatic heterocycles. The van der Waals surface area contributed by atoms with Crippen LogP contribution in [0.15, 0.2) is 82.6 Å². The standard InChI is InChI=1S/C28H31N3O4S2/c1-36-26-15-14-22(20-24(26)28(33)31-18-8-3-9-19-31)37(34,35)30-25-13-7-6-12-23(25)27(32)29-17-16-21-10-4-2-5-11-21/h2,4-7,10-15,20,30H,3,8-9,16-19H2,1H3,(H,29,32). The van der Waals surface area contributed by atoms with Crippen LogP contribution in [0.3, 0.4) is 0 Å². The Morgan fingerprint density at radius 3 is 2.32 bits per heavy atom. The number of para-hydroxylation sites is 1. The smallest absolute Gasteiger partial charge is 0.261 e. The van der Waals surface area contributed by atoms with Gasteiger partial charge in [0.25, 0.3) is 21.8 Å². The molecule has 0 unspecified atom stereocenters. The molecule has 1 heterocycles. The van der Waals surface area contributed by atoms with Gasteiger partial charge in [-0.2, -0.15) is 0 Å². The number of hydrogen-bond donors (Lipinski definition) is 2. The number of thioether (sulfide) groups is 1. The van der Waals surface area contributed by atoms with Crippen molar-refractivity contribution in [2.24, 2.45) is 0 Å². The Labute approximate surface area is 222 Å². The molecule has 1 aliphatic rings. The van der Waals surface area contributed by atoms with Gasteiger partial charge >= 0.3 is 0 Å². The summed E-state index contributed by atoms with van der Waals surface area (Å²) in [5, 5.41) is 2.86. The molecule has 2 amide bonds. The first-order valence-corrected chi connectivity index (χ1v) is 15.0. The normalized spacial score (nSPS) is 13.7. The Morgan fingerprint density at radius 2 is 1.59 bits per heavy atom. The summed E-state index contributed by atoms with van der Waals surface area (Å²) >= 11 is 1.41. The number of nitrogens with one attached hydrogen (secondary N) is 2. The predicted molar refractivity (Wildman–Crippen MR) is 148 cm³/mol. The SMILES string of the molecule is CSc1ccc(S(=O)(=O)Nc2ccccc2C(=O)NCCc2ccccc2)cc1C(=O)N1CCCCC1. The summed E-state index contributed by atoms with van der Waals surface area (Å²) in [6.07, 6.45) is 5.52. The molecule has 194 valence electrons.